The molecule has 0 unspecified atom stereocenters. The topological polar surface area (TPSA) is 146 Å². The molecule has 0 bridgehead atoms. The Kier molecular flexibility index (Phi) is 11.9. The predicted molar refractivity (Wildman–Crippen MR) is 178 cm³/mol. The van der Waals surface area contributed by atoms with E-state index in [1.165, 1.54) is 18.2 Å². The Labute approximate surface area is 283 Å². The fraction of sp³-hybridized carbons (Fsp3) is 0.343. The average Bonchev–Trinajstić information content (AvgIpc) is 3.04. The van der Waals surface area contributed by atoms with Gasteiger partial charge in [0.15, 0.2) is 0 Å². The van der Waals surface area contributed by atoms with Crippen LogP contribution >= 0.6 is 0 Å². The number of carbonyl (C=O) groups is 3. The van der Waals surface area contributed by atoms with E-state index in [1.807, 2.05) is 6.07 Å². The van der Waals surface area contributed by atoms with E-state index < -0.39 is 40.2 Å². The minimum atomic E-state index is -0.755. The summed E-state index contributed by atoms with van der Waals surface area (Å²) in [4.78, 5) is 53.8. The summed E-state index contributed by atoms with van der Waals surface area (Å²) in [6.07, 6.45) is -0.679. The molecule has 3 amide bonds. The van der Waals surface area contributed by atoms with Gasteiger partial charge in [-0.15, -0.1) is 0 Å². The van der Waals surface area contributed by atoms with Crippen molar-refractivity contribution in [3.8, 4) is 0 Å². The van der Waals surface area contributed by atoms with E-state index in [2.05, 4.69) is 16.0 Å². The van der Waals surface area contributed by atoms with E-state index in [4.69, 9.17) is 4.74 Å². The third kappa shape index (κ3) is 10.2. The molecule has 0 aromatic heterocycles. The first-order valence-corrected chi connectivity index (χ1v) is 15.7. The van der Waals surface area contributed by atoms with E-state index in [1.54, 1.807) is 73.9 Å². The minimum absolute atomic E-state index is 0.0541. The molecule has 1 atom stereocenters. The summed E-state index contributed by atoms with van der Waals surface area (Å²) in [5, 5.41) is 19.8. The predicted octanol–water partition coefficient (Wildman–Crippen LogP) is 4.92. The van der Waals surface area contributed by atoms with Crippen LogP contribution in [0.25, 0.3) is 0 Å². The molecule has 1 aliphatic rings. The lowest BCUT2D eigenvalue weighted by molar-refractivity contribution is -0.384. The highest BCUT2D eigenvalue weighted by Crippen LogP contribution is 2.21. The molecule has 0 saturated carbocycles. The van der Waals surface area contributed by atoms with Crippen LogP contribution < -0.4 is 16.0 Å². The number of non-ortho nitro benzene ring substituents is 1. The zero-order valence-electron chi connectivity index (χ0n) is 27.8. The zero-order valence-corrected chi connectivity index (χ0v) is 27.8. The van der Waals surface area contributed by atoms with Gasteiger partial charge in [0, 0.05) is 56.1 Å². The molecule has 3 aromatic rings. The molecule has 260 valence electrons. The molecule has 0 spiro atoms. The first-order valence-electron chi connectivity index (χ1n) is 15.7. The summed E-state index contributed by atoms with van der Waals surface area (Å²) in [6, 6.07) is 17.8. The van der Waals surface area contributed by atoms with Gasteiger partial charge in [0.05, 0.1) is 17.5 Å². The van der Waals surface area contributed by atoms with Crippen LogP contribution in [-0.4, -0.2) is 64.4 Å². The molecule has 0 aliphatic carbocycles. The monoisotopic (exact) mass is 678 g/mol. The summed E-state index contributed by atoms with van der Waals surface area (Å²) >= 11 is 0. The molecule has 14 heteroatoms. The Bertz CT molecular complexity index is 1690. The second-order valence-corrected chi connectivity index (χ2v) is 12.5. The van der Waals surface area contributed by atoms with Crippen LogP contribution in [0.4, 0.5) is 19.3 Å². The number of rotatable bonds is 12. The molecule has 1 saturated heterocycles. The van der Waals surface area contributed by atoms with Crippen LogP contribution in [0.1, 0.15) is 50.4 Å². The van der Waals surface area contributed by atoms with Crippen molar-refractivity contribution in [3.63, 3.8) is 0 Å². The quantitative estimate of drug-likeness (QED) is 0.139. The first kappa shape index (κ1) is 36.3. The Morgan fingerprint density at radius 3 is 2.29 bits per heavy atom. The summed E-state index contributed by atoms with van der Waals surface area (Å²) in [7, 11) is 0. The SMILES string of the molecule is C/C(NCc1c(F)cccc1F)=C(/C(=O)NC[C@H](NC(=O)OC(C)(C)C)c1ccccc1)N1CCN(Cc2cccc([N+](=O)[O-])c2)C(=O)C1. The molecule has 1 aliphatic heterocycles. The van der Waals surface area contributed by atoms with E-state index in [9.17, 15) is 33.3 Å². The zero-order chi connectivity index (χ0) is 35.7. The number of nitro groups is 1. The third-order valence-corrected chi connectivity index (χ3v) is 7.65. The van der Waals surface area contributed by atoms with Crippen molar-refractivity contribution in [3.05, 3.63) is 123 Å². The number of piperazine rings is 1. The number of nitrogens with zero attached hydrogens (tertiary/aromatic N) is 3. The number of amides is 3. The number of carbonyl (C=O) groups excluding carboxylic acids is 3. The largest absolute Gasteiger partial charge is 0.444 e. The van der Waals surface area contributed by atoms with Gasteiger partial charge in [0.25, 0.3) is 11.6 Å². The normalized spacial score (nSPS) is 14.4. The smallest absolute Gasteiger partial charge is 0.408 e. The van der Waals surface area contributed by atoms with E-state index in [0.29, 0.717) is 11.1 Å². The summed E-state index contributed by atoms with van der Waals surface area (Å²) < 4.78 is 34.3. The van der Waals surface area contributed by atoms with E-state index in [-0.39, 0.29) is 67.8 Å². The summed E-state index contributed by atoms with van der Waals surface area (Å²) in [5.74, 6) is -2.43. The highest BCUT2D eigenvalue weighted by Gasteiger charge is 2.31. The molecule has 4 rings (SSSR count). The van der Waals surface area contributed by atoms with Gasteiger partial charge in [-0.05, 0) is 51.0 Å². The van der Waals surface area contributed by atoms with Crippen molar-refractivity contribution in [2.45, 2.75) is 52.4 Å². The van der Waals surface area contributed by atoms with Gasteiger partial charge in [0.1, 0.15) is 22.9 Å². The molecule has 1 heterocycles. The Hall–Kier alpha value is -5.53. The summed E-state index contributed by atoms with van der Waals surface area (Å²) in [6.45, 7) is 6.79. The van der Waals surface area contributed by atoms with E-state index >= 15 is 0 Å². The molecule has 1 fully saturated rings. The number of ether oxygens (including phenoxy) is 1. The van der Waals surface area contributed by atoms with Crippen LogP contribution in [0.3, 0.4) is 0 Å². The van der Waals surface area contributed by atoms with Crippen molar-refractivity contribution in [2.75, 3.05) is 26.2 Å². The summed E-state index contributed by atoms with van der Waals surface area (Å²) in [5.41, 5.74) is 0.557. The van der Waals surface area contributed by atoms with Gasteiger partial charge >= 0.3 is 6.09 Å². The van der Waals surface area contributed by atoms with Crippen LogP contribution in [0.15, 0.2) is 84.2 Å². The van der Waals surface area contributed by atoms with Crippen LogP contribution in [0.2, 0.25) is 0 Å². The minimum Gasteiger partial charge on any atom is -0.444 e. The number of hydrogen-bond donors (Lipinski definition) is 3. The maximum atomic E-state index is 14.4. The van der Waals surface area contributed by atoms with Crippen LogP contribution in [0, 0.1) is 21.7 Å². The van der Waals surface area contributed by atoms with Gasteiger partial charge in [-0.25, -0.2) is 13.6 Å². The van der Waals surface area contributed by atoms with Crippen LogP contribution in [-0.2, 0) is 27.4 Å². The number of benzene rings is 3. The van der Waals surface area contributed by atoms with Gasteiger partial charge < -0.3 is 30.5 Å². The fourth-order valence-corrected chi connectivity index (χ4v) is 5.28. The Morgan fingerprint density at radius 1 is 0.980 bits per heavy atom. The lowest BCUT2D eigenvalue weighted by Crippen LogP contribution is -2.52. The molecule has 3 N–H and O–H groups in total. The van der Waals surface area contributed by atoms with Crippen LogP contribution in [0.5, 0.6) is 0 Å². The van der Waals surface area contributed by atoms with Crippen molar-refractivity contribution in [2.24, 2.45) is 0 Å². The highest BCUT2D eigenvalue weighted by atomic mass is 19.1. The number of alkyl carbamates (subject to hydrolysis) is 1. The van der Waals surface area contributed by atoms with Gasteiger partial charge in [-0.1, -0.05) is 48.5 Å². The highest BCUT2D eigenvalue weighted by molar-refractivity contribution is 5.94. The Morgan fingerprint density at radius 2 is 1.65 bits per heavy atom. The fourth-order valence-electron chi connectivity index (χ4n) is 5.28. The number of nitrogens with one attached hydrogen (secondary N) is 3. The Balaban J connectivity index is 1.56. The maximum Gasteiger partial charge on any atom is 0.408 e. The number of hydrogen-bond acceptors (Lipinski definition) is 8. The molecule has 3 aromatic carbocycles. The van der Waals surface area contributed by atoms with Gasteiger partial charge in [-0.2, -0.15) is 0 Å². The van der Waals surface area contributed by atoms with Gasteiger partial charge in [-0.3, -0.25) is 19.7 Å². The van der Waals surface area contributed by atoms with Crippen molar-refractivity contribution < 1.29 is 32.8 Å². The van der Waals surface area contributed by atoms with Crippen molar-refractivity contribution in [1.29, 1.82) is 0 Å². The second kappa shape index (κ2) is 16.0. The molecule has 49 heavy (non-hydrogen) atoms. The molecular weight excluding hydrogens is 638 g/mol. The van der Waals surface area contributed by atoms with Crippen molar-refractivity contribution in [1.82, 2.24) is 25.8 Å². The maximum absolute atomic E-state index is 14.4. The average molecular weight is 679 g/mol. The van der Waals surface area contributed by atoms with Gasteiger partial charge in [0.2, 0.25) is 5.91 Å². The molecule has 0 radical (unpaired) electrons. The number of allylic oxidation sites excluding steroid dienone is 1. The lowest BCUT2D eigenvalue weighted by Gasteiger charge is -2.37. The second-order valence-electron chi connectivity index (χ2n) is 12.5. The number of halogens is 2. The lowest BCUT2D eigenvalue weighted by atomic mass is 10.1. The van der Waals surface area contributed by atoms with Crippen molar-refractivity contribution >= 4 is 23.6 Å². The molecule has 12 nitrogen and oxygen atoms in total. The van der Waals surface area contributed by atoms with E-state index in [0.717, 1.165) is 12.1 Å². The standard InChI is InChI=1S/C35H40F2N6O6/c1-23(38-19-27-28(36)14-9-15-29(27)37)32(42-17-16-41(31(44)22-42)21-24-10-8-13-26(18-24)43(47)48)33(45)39-20-30(25-11-6-5-7-12-25)40-34(46)49-35(2,3)4/h5-15,18,30,38H,16-17,19-22H2,1-4H3,(H,39,45)(H,40,46)/b32-23+/t30-/m0/s1. The third-order valence-electron chi connectivity index (χ3n) is 7.65. The number of nitro benzene ring substituents is 1. The molecular formula is C35H40F2N6O6. The first-order chi connectivity index (χ1) is 23.2.